The molecular weight excluding hydrogens is 290 g/mol. The average molecular weight is 304 g/mol. The zero-order valence-corrected chi connectivity index (χ0v) is 11.3. The predicted octanol–water partition coefficient (Wildman–Crippen LogP) is 2.15. The van der Waals surface area contributed by atoms with Gasteiger partial charge >= 0.3 is 0 Å². The number of Topliss-reactive ketones (excluding diaryl/α,β-unsaturated/α-hetero) is 1. The van der Waals surface area contributed by atoms with Gasteiger partial charge in [-0.1, -0.05) is 0 Å². The first-order valence-electron chi connectivity index (χ1n) is 5.34. The molecular formula is C11H14BrNO2S. The molecule has 0 saturated heterocycles. The van der Waals surface area contributed by atoms with E-state index in [9.17, 15) is 4.79 Å². The molecule has 0 aromatic carbocycles. The highest BCUT2D eigenvalue weighted by Crippen LogP contribution is 2.28. The van der Waals surface area contributed by atoms with Crippen LogP contribution in [0.4, 0.5) is 0 Å². The average Bonchev–Trinajstić information content (AvgIpc) is 3.00. The predicted molar refractivity (Wildman–Crippen MR) is 68.0 cm³/mol. The normalized spacial score (nSPS) is 15.7. The molecule has 1 saturated carbocycles. The Morgan fingerprint density at radius 1 is 1.56 bits per heavy atom. The molecule has 1 aliphatic rings. The maximum atomic E-state index is 11.9. The standard InChI is InChI=1S/C11H14BrNO2S/c12-11-4-3-10(16-11)9(15)7-13(5-6-14)8-1-2-8/h3-4,8,14H,1-2,5-7H2. The molecule has 1 heterocycles. The van der Waals surface area contributed by atoms with Crippen molar-refractivity contribution in [3.63, 3.8) is 0 Å². The molecule has 0 bridgehead atoms. The Morgan fingerprint density at radius 2 is 2.31 bits per heavy atom. The highest BCUT2D eigenvalue weighted by atomic mass is 79.9. The quantitative estimate of drug-likeness (QED) is 0.819. The number of rotatable bonds is 6. The summed E-state index contributed by atoms with van der Waals surface area (Å²) in [6.07, 6.45) is 2.31. The van der Waals surface area contributed by atoms with Crippen molar-refractivity contribution in [1.29, 1.82) is 0 Å². The lowest BCUT2D eigenvalue weighted by Gasteiger charge is -2.19. The highest BCUT2D eigenvalue weighted by molar-refractivity contribution is 9.11. The lowest BCUT2D eigenvalue weighted by Crippen LogP contribution is -2.34. The van der Waals surface area contributed by atoms with Crippen LogP contribution in [0, 0.1) is 0 Å². The second-order valence-electron chi connectivity index (χ2n) is 3.95. The lowest BCUT2D eigenvalue weighted by atomic mass is 10.3. The van der Waals surface area contributed by atoms with Crippen molar-refractivity contribution in [3.05, 3.63) is 20.8 Å². The van der Waals surface area contributed by atoms with Crippen LogP contribution in [0.25, 0.3) is 0 Å². The molecule has 1 aromatic heterocycles. The Labute approximate surface area is 107 Å². The van der Waals surface area contributed by atoms with Gasteiger partial charge in [0.2, 0.25) is 0 Å². The number of aliphatic hydroxyl groups is 1. The summed E-state index contributed by atoms with van der Waals surface area (Å²) in [6, 6.07) is 4.26. The molecule has 3 nitrogen and oxygen atoms in total. The van der Waals surface area contributed by atoms with Crippen LogP contribution in [0.15, 0.2) is 15.9 Å². The minimum absolute atomic E-state index is 0.123. The first kappa shape index (κ1) is 12.2. The van der Waals surface area contributed by atoms with Gasteiger partial charge in [-0.15, -0.1) is 11.3 Å². The number of nitrogens with zero attached hydrogens (tertiary/aromatic N) is 1. The number of hydrogen-bond acceptors (Lipinski definition) is 4. The maximum absolute atomic E-state index is 11.9. The van der Waals surface area contributed by atoms with Crippen LogP contribution in [0.1, 0.15) is 22.5 Å². The Kier molecular flexibility index (Phi) is 4.13. The SMILES string of the molecule is O=C(CN(CCO)C1CC1)c1ccc(Br)s1. The summed E-state index contributed by atoms with van der Waals surface area (Å²) in [5.74, 6) is 0.149. The smallest absolute Gasteiger partial charge is 0.186 e. The summed E-state index contributed by atoms with van der Waals surface area (Å²) < 4.78 is 0.982. The third-order valence-electron chi connectivity index (χ3n) is 2.65. The van der Waals surface area contributed by atoms with Crippen LogP contribution < -0.4 is 0 Å². The molecule has 1 N–H and O–H groups in total. The van der Waals surface area contributed by atoms with Gasteiger partial charge < -0.3 is 5.11 Å². The Balaban J connectivity index is 1.94. The number of carbonyl (C=O) groups is 1. The summed E-state index contributed by atoms with van der Waals surface area (Å²) in [7, 11) is 0. The van der Waals surface area contributed by atoms with Gasteiger partial charge in [-0.2, -0.15) is 0 Å². The molecule has 2 rings (SSSR count). The summed E-state index contributed by atoms with van der Waals surface area (Å²) >= 11 is 4.82. The van der Waals surface area contributed by atoms with Gasteiger partial charge in [0, 0.05) is 12.6 Å². The van der Waals surface area contributed by atoms with Crippen LogP contribution in [0.2, 0.25) is 0 Å². The van der Waals surface area contributed by atoms with E-state index < -0.39 is 0 Å². The van der Waals surface area contributed by atoms with Crippen molar-refractivity contribution >= 4 is 33.0 Å². The zero-order valence-electron chi connectivity index (χ0n) is 8.86. The summed E-state index contributed by atoms with van der Waals surface area (Å²) in [6.45, 7) is 1.15. The monoisotopic (exact) mass is 303 g/mol. The molecule has 1 aromatic rings. The maximum Gasteiger partial charge on any atom is 0.186 e. The van der Waals surface area contributed by atoms with Gasteiger partial charge in [0.05, 0.1) is 21.8 Å². The Bertz CT molecular complexity index is 376. The molecule has 0 aliphatic heterocycles. The van der Waals surface area contributed by atoms with Crippen molar-refractivity contribution in [1.82, 2.24) is 4.90 Å². The molecule has 0 radical (unpaired) electrons. The van der Waals surface area contributed by atoms with E-state index in [0.29, 0.717) is 19.1 Å². The number of ketones is 1. The van der Waals surface area contributed by atoms with Crippen LogP contribution >= 0.6 is 27.3 Å². The molecule has 5 heteroatoms. The van der Waals surface area contributed by atoms with Gasteiger partial charge in [0.25, 0.3) is 0 Å². The Hall–Kier alpha value is -0.230. The van der Waals surface area contributed by atoms with Crippen molar-refractivity contribution in [3.8, 4) is 0 Å². The number of carbonyl (C=O) groups excluding carboxylic acids is 1. The van der Waals surface area contributed by atoms with Crippen LogP contribution in [-0.2, 0) is 0 Å². The number of thiophene rings is 1. The number of hydrogen-bond donors (Lipinski definition) is 1. The first-order chi connectivity index (χ1) is 7.70. The molecule has 0 unspecified atom stereocenters. The van der Waals surface area contributed by atoms with Crippen LogP contribution in [-0.4, -0.2) is 41.5 Å². The third kappa shape index (κ3) is 3.13. The van der Waals surface area contributed by atoms with Crippen LogP contribution in [0.3, 0.4) is 0 Å². The van der Waals surface area contributed by atoms with E-state index in [1.54, 1.807) is 0 Å². The van der Waals surface area contributed by atoms with Crippen molar-refractivity contribution < 1.29 is 9.90 Å². The van der Waals surface area contributed by atoms with E-state index in [0.717, 1.165) is 21.5 Å². The van der Waals surface area contributed by atoms with Gasteiger partial charge in [-0.05, 0) is 40.9 Å². The van der Waals surface area contributed by atoms with Gasteiger partial charge in [0.15, 0.2) is 5.78 Å². The highest BCUT2D eigenvalue weighted by Gasteiger charge is 2.30. The summed E-state index contributed by atoms with van der Waals surface area (Å²) in [5.41, 5.74) is 0. The second kappa shape index (κ2) is 5.40. The fourth-order valence-electron chi connectivity index (χ4n) is 1.69. The van der Waals surface area contributed by atoms with Gasteiger partial charge in [0.1, 0.15) is 0 Å². The van der Waals surface area contributed by atoms with Crippen molar-refractivity contribution in [2.75, 3.05) is 19.7 Å². The topological polar surface area (TPSA) is 40.5 Å². The molecule has 0 amide bonds. The molecule has 1 aliphatic carbocycles. The van der Waals surface area contributed by atoms with Crippen LogP contribution in [0.5, 0.6) is 0 Å². The molecule has 1 fully saturated rings. The third-order valence-corrected chi connectivity index (χ3v) is 4.31. The number of halogens is 1. The minimum Gasteiger partial charge on any atom is -0.395 e. The summed E-state index contributed by atoms with van der Waals surface area (Å²) in [5, 5.41) is 8.94. The molecule has 88 valence electrons. The van der Waals surface area contributed by atoms with E-state index in [4.69, 9.17) is 5.11 Å². The molecule has 0 atom stereocenters. The fraction of sp³-hybridized carbons (Fsp3) is 0.545. The second-order valence-corrected chi connectivity index (χ2v) is 6.42. The minimum atomic E-state index is 0.123. The zero-order chi connectivity index (χ0) is 11.5. The summed E-state index contributed by atoms with van der Waals surface area (Å²) in [4.78, 5) is 14.8. The van der Waals surface area contributed by atoms with E-state index in [1.807, 2.05) is 12.1 Å². The van der Waals surface area contributed by atoms with E-state index in [2.05, 4.69) is 20.8 Å². The number of aliphatic hydroxyl groups excluding tert-OH is 1. The molecule has 0 spiro atoms. The van der Waals surface area contributed by atoms with E-state index in [1.165, 1.54) is 11.3 Å². The van der Waals surface area contributed by atoms with Crippen molar-refractivity contribution in [2.24, 2.45) is 0 Å². The largest absolute Gasteiger partial charge is 0.395 e. The van der Waals surface area contributed by atoms with Gasteiger partial charge in [-0.25, -0.2) is 0 Å². The first-order valence-corrected chi connectivity index (χ1v) is 6.95. The molecule has 16 heavy (non-hydrogen) atoms. The van der Waals surface area contributed by atoms with E-state index in [-0.39, 0.29) is 12.4 Å². The van der Waals surface area contributed by atoms with E-state index >= 15 is 0 Å². The fourth-order valence-corrected chi connectivity index (χ4v) is 3.00. The van der Waals surface area contributed by atoms with Crippen molar-refractivity contribution in [2.45, 2.75) is 18.9 Å². The lowest BCUT2D eigenvalue weighted by molar-refractivity contribution is 0.0911. The Morgan fingerprint density at radius 3 is 2.81 bits per heavy atom. The van der Waals surface area contributed by atoms with Gasteiger partial charge in [-0.3, -0.25) is 9.69 Å².